The topological polar surface area (TPSA) is 89.0 Å². The maximum atomic E-state index is 12.4. The molecule has 0 bridgehead atoms. The summed E-state index contributed by atoms with van der Waals surface area (Å²) in [5.74, 6) is -0.159. The van der Waals surface area contributed by atoms with E-state index in [1.807, 2.05) is 35.7 Å². The molecule has 2 aromatic carbocycles. The molecule has 4 rings (SSSR count). The number of sulfone groups is 1. The number of anilines is 1. The molecule has 2 aromatic heterocycles. The van der Waals surface area contributed by atoms with E-state index in [0.29, 0.717) is 16.9 Å². The van der Waals surface area contributed by atoms with Gasteiger partial charge in [-0.25, -0.2) is 18.4 Å². The van der Waals surface area contributed by atoms with Gasteiger partial charge in [-0.1, -0.05) is 30.3 Å². The summed E-state index contributed by atoms with van der Waals surface area (Å²) < 4.78 is 23.3. The van der Waals surface area contributed by atoms with Gasteiger partial charge in [0, 0.05) is 22.6 Å². The smallest absolute Gasteiger partial charge is 0.230 e. The van der Waals surface area contributed by atoms with Crippen LogP contribution in [0.4, 0.5) is 5.69 Å². The van der Waals surface area contributed by atoms with Crippen LogP contribution in [0.25, 0.3) is 22.2 Å². The van der Waals surface area contributed by atoms with Crippen molar-refractivity contribution < 1.29 is 13.2 Å². The highest BCUT2D eigenvalue weighted by molar-refractivity contribution is 7.90. The predicted molar refractivity (Wildman–Crippen MR) is 115 cm³/mol. The number of hydrogen-bond acceptors (Lipinski definition) is 6. The van der Waals surface area contributed by atoms with Gasteiger partial charge in [0.2, 0.25) is 5.91 Å². The second-order valence-corrected chi connectivity index (χ2v) is 9.31. The van der Waals surface area contributed by atoms with Gasteiger partial charge in [-0.15, -0.1) is 11.3 Å². The molecule has 4 aromatic rings. The molecule has 0 aliphatic carbocycles. The van der Waals surface area contributed by atoms with E-state index >= 15 is 0 Å². The van der Waals surface area contributed by atoms with Gasteiger partial charge >= 0.3 is 0 Å². The van der Waals surface area contributed by atoms with Crippen molar-refractivity contribution >= 4 is 43.7 Å². The molecule has 0 fully saturated rings. The van der Waals surface area contributed by atoms with Crippen molar-refractivity contribution in [1.29, 1.82) is 0 Å². The Morgan fingerprint density at radius 3 is 2.55 bits per heavy atom. The molecule has 0 aliphatic heterocycles. The molecule has 0 radical (unpaired) electrons. The number of para-hydroxylation sites is 1. The normalized spacial score (nSPS) is 11.5. The maximum absolute atomic E-state index is 12.4. The number of carbonyl (C=O) groups excluding carboxylic acids is 1. The summed E-state index contributed by atoms with van der Waals surface area (Å²) in [5.41, 5.74) is 5.21. The van der Waals surface area contributed by atoms with Crippen LogP contribution in [-0.2, 0) is 21.1 Å². The lowest BCUT2D eigenvalue weighted by Gasteiger charge is -2.10. The number of rotatable bonds is 5. The Hall–Kier alpha value is -3.10. The minimum atomic E-state index is -3.25. The average Bonchev–Trinajstić information content (AvgIpc) is 3.20. The Morgan fingerprint density at radius 1 is 1.07 bits per heavy atom. The lowest BCUT2D eigenvalue weighted by Crippen LogP contribution is -2.15. The summed E-state index contributed by atoms with van der Waals surface area (Å²) in [7, 11) is -3.25. The Bertz CT molecular complexity index is 1280. The van der Waals surface area contributed by atoms with Crippen molar-refractivity contribution in [2.75, 3.05) is 11.6 Å². The molecular weight excluding hydrogens is 406 g/mol. The summed E-state index contributed by atoms with van der Waals surface area (Å²) in [5, 5.41) is 5.66. The average molecular weight is 424 g/mol. The maximum Gasteiger partial charge on any atom is 0.230 e. The molecule has 6 nitrogen and oxygen atoms in total. The molecule has 29 heavy (non-hydrogen) atoms. The van der Waals surface area contributed by atoms with Crippen LogP contribution in [0.15, 0.2) is 70.4 Å². The molecule has 0 aliphatic rings. The first kappa shape index (κ1) is 19.2. The van der Waals surface area contributed by atoms with Gasteiger partial charge in [-0.3, -0.25) is 4.79 Å². The van der Waals surface area contributed by atoms with Crippen molar-refractivity contribution in [3.05, 3.63) is 71.2 Å². The fourth-order valence-electron chi connectivity index (χ4n) is 2.97. The van der Waals surface area contributed by atoms with E-state index in [0.717, 1.165) is 16.6 Å². The van der Waals surface area contributed by atoms with Crippen LogP contribution >= 0.6 is 11.3 Å². The van der Waals surface area contributed by atoms with Crippen LogP contribution in [0.5, 0.6) is 0 Å². The van der Waals surface area contributed by atoms with Crippen LogP contribution in [0.3, 0.4) is 0 Å². The molecule has 0 saturated carbocycles. The van der Waals surface area contributed by atoms with Gasteiger partial charge in [0.25, 0.3) is 0 Å². The zero-order valence-electron chi connectivity index (χ0n) is 15.5. The number of thiazole rings is 1. The second kappa shape index (κ2) is 7.73. The minimum Gasteiger partial charge on any atom is -0.324 e. The van der Waals surface area contributed by atoms with Gasteiger partial charge < -0.3 is 5.32 Å². The van der Waals surface area contributed by atoms with Crippen molar-refractivity contribution in [2.45, 2.75) is 11.3 Å². The summed E-state index contributed by atoms with van der Waals surface area (Å²) in [6, 6.07) is 16.0. The minimum absolute atomic E-state index is 0.159. The number of nitrogens with one attached hydrogen (secondary N) is 1. The van der Waals surface area contributed by atoms with Crippen molar-refractivity contribution in [2.24, 2.45) is 0 Å². The first-order chi connectivity index (χ1) is 13.9. The van der Waals surface area contributed by atoms with E-state index in [4.69, 9.17) is 4.98 Å². The fraction of sp³-hybridized carbons (Fsp3) is 0.0952. The standard InChI is InChI=1S/C21H17N3O3S2/c1-29(26,27)17-8-5-14(6-9-17)18-10-7-15-3-2-4-19(21(15)24-18)23-20(25)11-16-12-28-13-22-16/h2-10,12-13H,11H2,1H3,(H,23,25). The van der Waals surface area contributed by atoms with Crippen LogP contribution in [0, 0.1) is 0 Å². The van der Waals surface area contributed by atoms with Gasteiger partial charge in [0.15, 0.2) is 9.84 Å². The van der Waals surface area contributed by atoms with E-state index < -0.39 is 9.84 Å². The highest BCUT2D eigenvalue weighted by Crippen LogP contribution is 2.27. The van der Waals surface area contributed by atoms with Crippen LogP contribution in [0.1, 0.15) is 5.69 Å². The summed E-state index contributed by atoms with van der Waals surface area (Å²) >= 11 is 1.45. The lowest BCUT2D eigenvalue weighted by molar-refractivity contribution is -0.115. The molecule has 0 unspecified atom stereocenters. The van der Waals surface area contributed by atoms with Gasteiger partial charge in [0.1, 0.15) is 0 Å². The Morgan fingerprint density at radius 2 is 1.86 bits per heavy atom. The van der Waals surface area contributed by atoms with Crippen molar-refractivity contribution in [3.63, 3.8) is 0 Å². The molecule has 1 amide bonds. The number of carbonyl (C=O) groups is 1. The first-order valence-corrected chi connectivity index (χ1v) is 11.6. The zero-order valence-corrected chi connectivity index (χ0v) is 17.1. The van der Waals surface area contributed by atoms with Crippen molar-refractivity contribution in [3.8, 4) is 11.3 Å². The van der Waals surface area contributed by atoms with Crippen molar-refractivity contribution in [1.82, 2.24) is 9.97 Å². The fourth-order valence-corrected chi connectivity index (χ4v) is 4.15. The molecule has 1 N–H and O–H groups in total. The Kier molecular flexibility index (Phi) is 5.12. The third-order valence-electron chi connectivity index (χ3n) is 4.40. The largest absolute Gasteiger partial charge is 0.324 e. The van der Waals surface area contributed by atoms with Gasteiger partial charge in [0.05, 0.1) is 39.4 Å². The molecule has 8 heteroatoms. The SMILES string of the molecule is CS(=O)(=O)c1ccc(-c2ccc3cccc(NC(=O)Cc4cscn4)c3n2)cc1. The molecule has 0 atom stereocenters. The number of pyridine rings is 1. The van der Waals surface area contributed by atoms with Crippen LogP contribution in [-0.4, -0.2) is 30.5 Å². The van der Waals surface area contributed by atoms with Crippen LogP contribution < -0.4 is 5.32 Å². The number of fused-ring (bicyclic) bond motifs is 1. The highest BCUT2D eigenvalue weighted by Gasteiger charge is 2.11. The van der Waals surface area contributed by atoms with E-state index in [2.05, 4.69) is 10.3 Å². The third kappa shape index (κ3) is 4.33. The van der Waals surface area contributed by atoms with Gasteiger partial charge in [-0.05, 0) is 24.3 Å². The Balaban J connectivity index is 1.66. The van der Waals surface area contributed by atoms with E-state index in [1.54, 1.807) is 29.8 Å². The first-order valence-electron chi connectivity index (χ1n) is 8.77. The number of hydrogen-bond donors (Lipinski definition) is 1. The molecular formula is C21H17N3O3S2. The van der Waals surface area contributed by atoms with E-state index in [9.17, 15) is 13.2 Å². The summed E-state index contributed by atoms with van der Waals surface area (Å²) in [6.45, 7) is 0. The van der Waals surface area contributed by atoms with E-state index in [-0.39, 0.29) is 17.2 Å². The monoisotopic (exact) mass is 423 g/mol. The quantitative estimate of drug-likeness (QED) is 0.525. The van der Waals surface area contributed by atoms with E-state index in [1.165, 1.54) is 17.6 Å². The molecule has 146 valence electrons. The molecule has 0 saturated heterocycles. The lowest BCUT2D eigenvalue weighted by atomic mass is 10.1. The van der Waals surface area contributed by atoms with Gasteiger partial charge in [-0.2, -0.15) is 0 Å². The summed E-state index contributed by atoms with van der Waals surface area (Å²) in [6.07, 6.45) is 1.38. The zero-order chi connectivity index (χ0) is 20.4. The molecule has 2 heterocycles. The predicted octanol–water partition coefficient (Wildman–Crippen LogP) is 3.94. The molecule has 0 spiro atoms. The number of nitrogens with zero attached hydrogens (tertiary/aromatic N) is 2. The Labute approximate surface area is 172 Å². The third-order valence-corrected chi connectivity index (χ3v) is 6.16. The highest BCUT2D eigenvalue weighted by atomic mass is 32.2. The number of aromatic nitrogens is 2. The number of benzene rings is 2. The second-order valence-electron chi connectivity index (χ2n) is 6.58. The summed E-state index contributed by atoms with van der Waals surface area (Å²) in [4.78, 5) is 21.5. The number of amides is 1. The van der Waals surface area contributed by atoms with Crippen LogP contribution in [0.2, 0.25) is 0 Å².